The molecule has 1 aromatic carbocycles. The number of nitrogens with two attached hydrogens (primary N) is 1. The van der Waals surface area contributed by atoms with Gasteiger partial charge in [-0.3, -0.25) is 0 Å². The Morgan fingerprint density at radius 1 is 1.37 bits per heavy atom. The van der Waals surface area contributed by atoms with Crippen LogP contribution in [0.5, 0.6) is 0 Å². The van der Waals surface area contributed by atoms with E-state index in [1.165, 1.54) is 11.3 Å². The number of rotatable bonds is 8. The fourth-order valence-electron chi connectivity index (χ4n) is 1.84. The summed E-state index contributed by atoms with van der Waals surface area (Å²) in [4.78, 5) is 2.20. The van der Waals surface area contributed by atoms with Crippen molar-refractivity contribution in [1.29, 1.82) is 0 Å². The number of anilines is 1. The Morgan fingerprint density at radius 2 is 2.11 bits per heavy atom. The lowest BCUT2D eigenvalue weighted by molar-refractivity contribution is 0.154. The molecule has 108 valence electrons. The molecule has 1 atom stereocenters. The maximum Gasteiger partial charge on any atom is 0.0641 e. The molecule has 0 amide bonds. The summed E-state index contributed by atoms with van der Waals surface area (Å²) in [5.41, 5.74) is 8.47. The van der Waals surface area contributed by atoms with Crippen LogP contribution in [0.15, 0.2) is 22.7 Å². The highest BCUT2D eigenvalue weighted by Gasteiger charge is 2.08. The Hall–Kier alpha value is -0.580. The molecule has 0 saturated heterocycles. The van der Waals surface area contributed by atoms with E-state index in [9.17, 15) is 0 Å². The van der Waals surface area contributed by atoms with Crippen molar-refractivity contribution in [1.82, 2.24) is 0 Å². The molecule has 4 heteroatoms. The van der Waals surface area contributed by atoms with Crippen molar-refractivity contribution in [3.63, 3.8) is 0 Å². The fourth-order valence-corrected chi connectivity index (χ4v) is 2.37. The van der Waals surface area contributed by atoms with Crippen LogP contribution in [-0.4, -0.2) is 32.8 Å². The minimum absolute atomic E-state index is 0.234. The lowest BCUT2D eigenvalue weighted by Crippen LogP contribution is -2.23. The Bertz CT molecular complexity index is 384. The van der Waals surface area contributed by atoms with E-state index in [0.717, 1.165) is 37.1 Å². The highest BCUT2D eigenvalue weighted by Crippen LogP contribution is 2.24. The van der Waals surface area contributed by atoms with Gasteiger partial charge in [0.15, 0.2) is 0 Å². The van der Waals surface area contributed by atoms with Crippen LogP contribution >= 0.6 is 15.9 Å². The molecule has 0 aliphatic carbocycles. The monoisotopic (exact) mass is 328 g/mol. The van der Waals surface area contributed by atoms with Crippen LogP contribution in [-0.2, 0) is 11.2 Å². The van der Waals surface area contributed by atoms with Gasteiger partial charge < -0.3 is 15.4 Å². The molecule has 0 aliphatic rings. The molecule has 0 heterocycles. The first kappa shape index (κ1) is 16.5. The average molecular weight is 329 g/mol. The summed E-state index contributed by atoms with van der Waals surface area (Å²) in [5, 5.41) is 0. The number of nitrogens with zero attached hydrogens (tertiary/aromatic N) is 1. The summed E-state index contributed by atoms with van der Waals surface area (Å²) in [6.45, 7) is 6.56. The molecule has 0 bridgehead atoms. The zero-order chi connectivity index (χ0) is 14.3. The van der Waals surface area contributed by atoms with Gasteiger partial charge in [0.2, 0.25) is 0 Å². The van der Waals surface area contributed by atoms with Gasteiger partial charge in [-0.15, -0.1) is 0 Å². The average Bonchev–Trinajstić information content (AvgIpc) is 2.41. The fraction of sp³-hybridized carbons (Fsp3) is 0.600. The Balaban J connectivity index is 2.65. The molecule has 1 rings (SSSR count). The predicted octanol–water partition coefficient (Wildman–Crippen LogP) is 3.20. The third-order valence-electron chi connectivity index (χ3n) is 3.26. The van der Waals surface area contributed by atoms with E-state index >= 15 is 0 Å². The third kappa shape index (κ3) is 5.51. The molecule has 0 spiro atoms. The maximum absolute atomic E-state index is 6.00. The van der Waals surface area contributed by atoms with Gasteiger partial charge in [0, 0.05) is 36.4 Å². The molecule has 0 fully saturated rings. The predicted molar refractivity (Wildman–Crippen MR) is 85.9 cm³/mol. The first-order chi connectivity index (χ1) is 9.08. The SMILES string of the molecule is CCOCCN(C)c1ccc(CC(N)CC)c(Br)c1. The van der Waals surface area contributed by atoms with E-state index in [-0.39, 0.29) is 6.04 Å². The maximum atomic E-state index is 6.00. The molecule has 0 aliphatic heterocycles. The largest absolute Gasteiger partial charge is 0.380 e. The van der Waals surface area contributed by atoms with E-state index in [1.807, 2.05) is 6.92 Å². The van der Waals surface area contributed by atoms with E-state index in [4.69, 9.17) is 10.5 Å². The van der Waals surface area contributed by atoms with E-state index in [1.54, 1.807) is 0 Å². The summed E-state index contributed by atoms with van der Waals surface area (Å²) in [7, 11) is 2.08. The van der Waals surface area contributed by atoms with Gasteiger partial charge in [-0.05, 0) is 37.5 Å². The van der Waals surface area contributed by atoms with Gasteiger partial charge in [-0.2, -0.15) is 0 Å². The van der Waals surface area contributed by atoms with Crippen molar-refractivity contribution in [2.45, 2.75) is 32.7 Å². The molecular formula is C15H25BrN2O. The van der Waals surface area contributed by atoms with Gasteiger partial charge in [0.1, 0.15) is 0 Å². The normalized spacial score (nSPS) is 12.5. The van der Waals surface area contributed by atoms with Crippen LogP contribution in [0.2, 0.25) is 0 Å². The lowest BCUT2D eigenvalue weighted by atomic mass is 10.0. The molecular weight excluding hydrogens is 304 g/mol. The summed E-state index contributed by atoms with van der Waals surface area (Å²) < 4.78 is 6.51. The van der Waals surface area contributed by atoms with E-state index in [2.05, 4.69) is 53.0 Å². The Labute approximate surface area is 125 Å². The third-order valence-corrected chi connectivity index (χ3v) is 4.00. The number of hydrogen-bond donors (Lipinski definition) is 1. The second kappa shape index (κ2) is 8.56. The van der Waals surface area contributed by atoms with Crippen molar-refractivity contribution in [3.05, 3.63) is 28.2 Å². The van der Waals surface area contributed by atoms with Crippen molar-refractivity contribution >= 4 is 21.6 Å². The summed E-state index contributed by atoms with van der Waals surface area (Å²) in [6, 6.07) is 6.70. The Kier molecular flexibility index (Phi) is 7.42. The zero-order valence-corrected chi connectivity index (χ0v) is 13.7. The molecule has 0 aromatic heterocycles. The van der Waals surface area contributed by atoms with Gasteiger partial charge in [-0.25, -0.2) is 0 Å². The molecule has 1 aromatic rings. The summed E-state index contributed by atoms with van der Waals surface area (Å²) in [6.07, 6.45) is 1.92. The van der Waals surface area contributed by atoms with Gasteiger partial charge >= 0.3 is 0 Å². The van der Waals surface area contributed by atoms with Crippen LogP contribution in [0.25, 0.3) is 0 Å². The summed E-state index contributed by atoms with van der Waals surface area (Å²) in [5.74, 6) is 0. The van der Waals surface area contributed by atoms with Crippen LogP contribution in [0.1, 0.15) is 25.8 Å². The van der Waals surface area contributed by atoms with Gasteiger partial charge in [0.25, 0.3) is 0 Å². The van der Waals surface area contributed by atoms with Crippen molar-refractivity contribution in [2.24, 2.45) is 5.73 Å². The topological polar surface area (TPSA) is 38.5 Å². The number of ether oxygens (including phenoxy) is 1. The van der Waals surface area contributed by atoms with Gasteiger partial charge in [-0.1, -0.05) is 28.9 Å². The van der Waals surface area contributed by atoms with Crippen LogP contribution in [0, 0.1) is 0 Å². The van der Waals surface area contributed by atoms with Gasteiger partial charge in [0.05, 0.1) is 6.61 Å². The molecule has 2 N–H and O–H groups in total. The molecule has 0 radical (unpaired) electrons. The molecule has 19 heavy (non-hydrogen) atoms. The number of benzene rings is 1. The standard InChI is InChI=1S/C15H25BrN2O/c1-4-13(17)10-12-6-7-14(11-15(12)16)18(3)8-9-19-5-2/h6-7,11,13H,4-5,8-10,17H2,1-3H3. The van der Waals surface area contributed by atoms with E-state index < -0.39 is 0 Å². The van der Waals surface area contributed by atoms with Crippen molar-refractivity contribution < 1.29 is 4.74 Å². The van der Waals surface area contributed by atoms with Crippen LogP contribution in [0.4, 0.5) is 5.69 Å². The second-order valence-electron chi connectivity index (χ2n) is 4.77. The van der Waals surface area contributed by atoms with Crippen molar-refractivity contribution in [2.75, 3.05) is 31.7 Å². The van der Waals surface area contributed by atoms with Crippen molar-refractivity contribution in [3.8, 4) is 0 Å². The van der Waals surface area contributed by atoms with Crippen LogP contribution < -0.4 is 10.6 Å². The minimum atomic E-state index is 0.234. The molecule has 0 saturated carbocycles. The summed E-state index contributed by atoms with van der Waals surface area (Å²) >= 11 is 3.64. The highest BCUT2D eigenvalue weighted by atomic mass is 79.9. The number of likely N-dealkylation sites (N-methyl/N-ethyl adjacent to an activating group) is 1. The highest BCUT2D eigenvalue weighted by molar-refractivity contribution is 9.10. The smallest absolute Gasteiger partial charge is 0.0641 e. The lowest BCUT2D eigenvalue weighted by Gasteiger charge is -2.20. The zero-order valence-electron chi connectivity index (χ0n) is 12.2. The van der Waals surface area contributed by atoms with Crippen LogP contribution in [0.3, 0.4) is 0 Å². The van der Waals surface area contributed by atoms with E-state index in [0.29, 0.717) is 0 Å². The first-order valence-corrected chi connectivity index (χ1v) is 7.70. The molecule has 1 unspecified atom stereocenters. The number of hydrogen-bond acceptors (Lipinski definition) is 3. The Morgan fingerprint density at radius 3 is 2.68 bits per heavy atom. The minimum Gasteiger partial charge on any atom is -0.380 e. The number of halogens is 1. The molecule has 3 nitrogen and oxygen atoms in total. The quantitative estimate of drug-likeness (QED) is 0.745. The second-order valence-corrected chi connectivity index (χ2v) is 5.62. The first-order valence-electron chi connectivity index (χ1n) is 6.91.